The van der Waals surface area contributed by atoms with Gasteiger partial charge in [0.2, 0.25) is 47.3 Å². The molecule has 0 unspecified atom stereocenters. The first kappa shape index (κ1) is 81.0. The van der Waals surface area contributed by atoms with Gasteiger partial charge in [-0.3, -0.25) is 53.3 Å². The number of aliphatic imine (C=N–C) groups is 3. The number of unbranched alkanes of at least 4 members (excludes halogenated alkanes) is 1. The highest BCUT2D eigenvalue weighted by Gasteiger charge is 2.37. The van der Waals surface area contributed by atoms with E-state index in [0.717, 1.165) is 32.3 Å². The topological polar surface area (TPSA) is 515 Å². The van der Waals surface area contributed by atoms with E-state index in [1.165, 1.54) is 0 Å². The van der Waals surface area contributed by atoms with Gasteiger partial charge in [0.25, 0.3) is 0 Å². The SMILES string of the molecule is CC[C@H](C)[C@H](NC(=O)[C@H](Cc1cccc2ccccc12)NC(=O)[C@H](CCCN=C(N)N)NC(=O)[C@@H](NC(=O)[C@H](Cc1cccc2ccccc12)NC(=O)[C@H](CCCN=C(N)N)NC(=O)[C@H](CCCN=C(N)N)NC(=O)[C@H](Cc1cccc2ccccc12)NC(=O)[C@@H](N)CCCCN)C(C)C)C(=O)O. The molecule has 0 aliphatic rings. The minimum absolute atomic E-state index is 0.00442. The average Bonchev–Trinajstić information content (AvgIpc) is 0.827. The van der Waals surface area contributed by atoms with Crippen molar-refractivity contribution in [1.29, 1.82) is 0 Å². The lowest BCUT2D eigenvalue weighted by Gasteiger charge is -2.29. The van der Waals surface area contributed by atoms with E-state index in [1.807, 2.05) is 103 Å². The van der Waals surface area contributed by atoms with Crippen LogP contribution in [0.5, 0.6) is 0 Å². The summed E-state index contributed by atoms with van der Waals surface area (Å²) >= 11 is 0. The largest absolute Gasteiger partial charge is 0.480 e. The van der Waals surface area contributed by atoms with E-state index in [2.05, 4.69) is 57.5 Å². The molecule has 0 radical (unpaired) electrons. The van der Waals surface area contributed by atoms with Crippen molar-refractivity contribution in [1.82, 2.24) is 42.5 Å². The summed E-state index contributed by atoms with van der Waals surface area (Å²) in [6.07, 6.45) is 1.68. The van der Waals surface area contributed by atoms with Gasteiger partial charge in [0, 0.05) is 38.9 Å². The smallest absolute Gasteiger partial charge is 0.326 e. The number of carboxylic acid groups (broad SMARTS) is 1. The van der Waals surface area contributed by atoms with Gasteiger partial charge in [-0.2, -0.15) is 0 Å². The molecule has 0 heterocycles. The van der Waals surface area contributed by atoms with Crippen molar-refractivity contribution in [2.45, 2.75) is 166 Å². The molecule has 0 saturated heterocycles. The van der Waals surface area contributed by atoms with Gasteiger partial charge in [-0.15, -0.1) is 0 Å². The molecule has 10 atom stereocenters. The summed E-state index contributed by atoms with van der Waals surface area (Å²) in [5, 5.41) is 37.5. The Labute approximate surface area is 600 Å². The summed E-state index contributed by atoms with van der Waals surface area (Å²) in [6, 6.07) is 26.7. The molecule has 0 saturated carbocycles. The fraction of sp³-hybridized carbons (Fsp3) is 0.432. The van der Waals surface area contributed by atoms with Crippen LogP contribution in [0, 0.1) is 11.8 Å². The van der Waals surface area contributed by atoms with Crippen LogP contribution in [0.25, 0.3) is 32.3 Å². The van der Waals surface area contributed by atoms with Crippen LogP contribution in [-0.4, -0.2) is 157 Å². The standard InChI is InChI=1S/C74H103N19O10/c1-5-44(4)62(71(102)103)93-69(100)60(42-50-28-16-25-47-22-8-11-31-53(47)50)91-66(97)57(35-19-39-85-74(81)82)88-70(101)61(43(2)3)92-68(99)59(41-49-27-15-24-46-21-7-10-30-52(46)49)90-65(96)56(34-18-38-84-73(79)80)86-64(95)55(33-17-37-83-72(77)78)87-67(98)58(89-63(94)54(76)32-12-13-36-75)40-48-26-14-23-45-20-6-9-29-51(45)48/h6-11,14-16,20-31,43-44,54-62H,5,12-13,17-19,32-42,75-76H2,1-4H3,(H,86,95)(H,87,98)(H,88,101)(H,89,94)(H,90,96)(H,91,97)(H,92,99)(H,93,100)(H,102,103)(H4,77,78,83)(H4,79,80,84)(H4,81,82,85)/t44-,54-,55-,56-,57-,58-,59-,60-,61-,62-/m0/s1. The predicted octanol–water partition coefficient (Wildman–Crippen LogP) is 1.46. The van der Waals surface area contributed by atoms with E-state index in [9.17, 15) is 33.9 Å². The Balaban J connectivity index is 1.34. The quantitative estimate of drug-likeness (QED) is 0.0146. The Kier molecular flexibility index (Phi) is 32.3. The minimum atomic E-state index is -1.49. The molecule has 0 spiro atoms. The van der Waals surface area contributed by atoms with Gasteiger partial charge in [-0.05, 0) is 119 Å². The molecule has 0 aromatic heterocycles. The highest BCUT2D eigenvalue weighted by molar-refractivity contribution is 6.00. The number of carboxylic acids is 1. The molecule has 554 valence electrons. The Morgan fingerprint density at radius 3 is 1.03 bits per heavy atom. The van der Waals surface area contributed by atoms with Crippen LogP contribution in [0.3, 0.4) is 0 Å². The van der Waals surface area contributed by atoms with E-state index in [1.54, 1.807) is 52.0 Å². The van der Waals surface area contributed by atoms with Gasteiger partial charge in [0.1, 0.15) is 48.3 Å². The molecule has 8 amide bonds. The highest BCUT2D eigenvalue weighted by atomic mass is 16.4. The zero-order valence-electron chi connectivity index (χ0n) is 59.1. The molecule has 6 aromatic rings. The Hall–Kier alpha value is -10.9. The number of guanidine groups is 3. The van der Waals surface area contributed by atoms with Crippen LogP contribution in [0.2, 0.25) is 0 Å². The summed E-state index contributed by atoms with van der Waals surface area (Å²) < 4.78 is 0. The molecule has 103 heavy (non-hydrogen) atoms. The molecule has 25 N–H and O–H groups in total. The number of carbonyl (C=O) groups excluding carboxylic acids is 8. The number of hydrogen-bond donors (Lipinski definition) is 17. The lowest BCUT2D eigenvalue weighted by molar-refractivity contribution is -0.144. The second kappa shape index (κ2) is 41.1. The predicted molar refractivity (Wildman–Crippen MR) is 401 cm³/mol. The molecular formula is C74H103N19O10. The van der Waals surface area contributed by atoms with E-state index in [4.69, 9.17) is 45.9 Å². The lowest BCUT2D eigenvalue weighted by Crippen LogP contribution is -2.61. The second-order valence-corrected chi connectivity index (χ2v) is 26.1. The third-order valence-corrected chi connectivity index (χ3v) is 17.9. The van der Waals surface area contributed by atoms with E-state index in [-0.39, 0.29) is 102 Å². The molecule has 6 aromatic carbocycles. The van der Waals surface area contributed by atoms with Gasteiger partial charge < -0.3 is 93.5 Å². The lowest BCUT2D eigenvalue weighted by atomic mass is 9.96. The number of nitrogens with one attached hydrogen (secondary N) is 8. The third kappa shape index (κ3) is 25.6. The molecule has 29 nitrogen and oxygen atoms in total. The van der Waals surface area contributed by atoms with Gasteiger partial charge in [0.15, 0.2) is 17.9 Å². The van der Waals surface area contributed by atoms with Crippen LogP contribution in [0.1, 0.15) is 109 Å². The number of amides is 8. The maximum absolute atomic E-state index is 15.3. The number of carbonyl (C=O) groups is 9. The molecule has 29 heteroatoms. The average molecular weight is 1420 g/mol. The van der Waals surface area contributed by atoms with E-state index < -0.39 is 119 Å². The van der Waals surface area contributed by atoms with Gasteiger partial charge in [0.05, 0.1) is 6.04 Å². The first-order valence-corrected chi connectivity index (χ1v) is 35.0. The van der Waals surface area contributed by atoms with Crippen molar-refractivity contribution in [3.05, 3.63) is 144 Å². The summed E-state index contributed by atoms with van der Waals surface area (Å²) in [4.78, 5) is 143. The van der Waals surface area contributed by atoms with Gasteiger partial charge in [-0.1, -0.05) is 168 Å². The van der Waals surface area contributed by atoms with E-state index in [0.29, 0.717) is 42.5 Å². The third-order valence-electron chi connectivity index (χ3n) is 17.9. The normalized spacial score (nSPS) is 14.1. The fourth-order valence-corrected chi connectivity index (χ4v) is 12.0. The maximum Gasteiger partial charge on any atom is 0.326 e. The summed E-state index contributed by atoms with van der Waals surface area (Å²) in [6.45, 7) is 7.25. The van der Waals surface area contributed by atoms with Crippen LogP contribution < -0.4 is 88.4 Å². The number of aliphatic carboxylic acids is 1. The molecular weight excluding hydrogens is 1310 g/mol. The monoisotopic (exact) mass is 1420 g/mol. The maximum atomic E-state index is 15.3. The number of benzene rings is 6. The van der Waals surface area contributed by atoms with Crippen molar-refractivity contribution < 1.29 is 48.3 Å². The zero-order chi connectivity index (χ0) is 75.1. The first-order chi connectivity index (χ1) is 49.3. The van der Waals surface area contributed by atoms with Crippen molar-refractivity contribution in [3.63, 3.8) is 0 Å². The van der Waals surface area contributed by atoms with E-state index >= 15 is 14.4 Å². The number of nitrogens with two attached hydrogens (primary N) is 8. The summed E-state index contributed by atoms with van der Waals surface area (Å²) in [5.74, 6) is -9.49. The highest BCUT2D eigenvalue weighted by Crippen LogP contribution is 2.24. The zero-order valence-corrected chi connectivity index (χ0v) is 59.1. The van der Waals surface area contributed by atoms with Crippen molar-refractivity contribution >= 4 is 103 Å². The molecule has 6 rings (SSSR count). The summed E-state index contributed by atoms with van der Waals surface area (Å²) in [5.41, 5.74) is 48.2. The first-order valence-electron chi connectivity index (χ1n) is 35.0. The summed E-state index contributed by atoms with van der Waals surface area (Å²) in [7, 11) is 0. The molecule has 0 aliphatic carbocycles. The number of fused-ring (bicyclic) bond motifs is 3. The number of rotatable bonds is 42. The Morgan fingerprint density at radius 1 is 0.379 bits per heavy atom. The van der Waals surface area contributed by atoms with Crippen LogP contribution >= 0.6 is 0 Å². The van der Waals surface area contributed by atoms with Crippen LogP contribution in [-0.2, 0) is 62.4 Å². The van der Waals surface area contributed by atoms with Gasteiger partial charge >= 0.3 is 5.97 Å². The molecule has 0 bridgehead atoms. The van der Waals surface area contributed by atoms with Crippen LogP contribution in [0.4, 0.5) is 0 Å². The van der Waals surface area contributed by atoms with Crippen molar-refractivity contribution in [2.24, 2.45) is 72.7 Å². The Morgan fingerprint density at radius 2 is 0.689 bits per heavy atom. The fourth-order valence-electron chi connectivity index (χ4n) is 12.0. The Bertz CT molecular complexity index is 3950. The number of hydrogen-bond acceptors (Lipinski definition) is 14. The number of nitrogens with zero attached hydrogens (tertiary/aromatic N) is 3. The molecule has 0 aliphatic heterocycles. The second-order valence-electron chi connectivity index (χ2n) is 26.1. The van der Waals surface area contributed by atoms with Gasteiger partial charge in [-0.25, -0.2) is 4.79 Å². The van der Waals surface area contributed by atoms with Crippen molar-refractivity contribution in [2.75, 3.05) is 26.2 Å². The van der Waals surface area contributed by atoms with Crippen molar-refractivity contribution in [3.8, 4) is 0 Å². The molecule has 0 fully saturated rings. The van der Waals surface area contributed by atoms with Crippen LogP contribution in [0.15, 0.2) is 142 Å². The minimum Gasteiger partial charge on any atom is -0.480 e.